The lowest BCUT2D eigenvalue weighted by Gasteiger charge is -2.10. The van der Waals surface area contributed by atoms with Crippen molar-refractivity contribution in [2.45, 2.75) is 27.2 Å². The molecule has 0 radical (unpaired) electrons. The van der Waals surface area contributed by atoms with Crippen LogP contribution in [0.25, 0.3) is 0 Å². The fraction of sp³-hybridized carbons (Fsp3) is 0.250. The SMILES string of the molecule is Cc1cc(C)c(CC(=O)Nc2ccc(Br)cn2)cc1C. The van der Waals surface area contributed by atoms with E-state index in [9.17, 15) is 4.79 Å². The van der Waals surface area contributed by atoms with E-state index in [0.29, 0.717) is 12.2 Å². The molecule has 1 N–H and O–H groups in total. The van der Waals surface area contributed by atoms with Crippen molar-refractivity contribution in [2.24, 2.45) is 0 Å². The van der Waals surface area contributed by atoms with Gasteiger partial charge in [0.25, 0.3) is 0 Å². The second-order valence-electron chi connectivity index (χ2n) is 4.95. The zero-order valence-corrected chi connectivity index (χ0v) is 13.4. The predicted molar refractivity (Wildman–Crippen MR) is 84.9 cm³/mol. The summed E-state index contributed by atoms with van der Waals surface area (Å²) in [7, 11) is 0. The van der Waals surface area contributed by atoms with Crippen LogP contribution < -0.4 is 5.32 Å². The third-order valence-corrected chi connectivity index (χ3v) is 3.77. The molecule has 20 heavy (non-hydrogen) atoms. The number of aryl methyl sites for hydroxylation is 3. The van der Waals surface area contributed by atoms with E-state index >= 15 is 0 Å². The van der Waals surface area contributed by atoms with Gasteiger partial charge in [-0.25, -0.2) is 4.98 Å². The molecule has 104 valence electrons. The van der Waals surface area contributed by atoms with Gasteiger partial charge < -0.3 is 5.32 Å². The van der Waals surface area contributed by atoms with E-state index in [-0.39, 0.29) is 5.91 Å². The molecule has 3 nitrogen and oxygen atoms in total. The monoisotopic (exact) mass is 332 g/mol. The molecular formula is C16H17BrN2O. The molecule has 0 saturated carbocycles. The third-order valence-electron chi connectivity index (χ3n) is 3.30. The van der Waals surface area contributed by atoms with Gasteiger partial charge in [0.15, 0.2) is 0 Å². The van der Waals surface area contributed by atoms with E-state index in [1.165, 1.54) is 11.1 Å². The van der Waals surface area contributed by atoms with Crippen molar-refractivity contribution in [1.29, 1.82) is 0 Å². The minimum absolute atomic E-state index is 0.0498. The zero-order chi connectivity index (χ0) is 14.7. The summed E-state index contributed by atoms with van der Waals surface area (Å²) in [5, 5.41) is 2.81. The fourth-order valence-electron chi connectivity index (χ4n) is 2.02. The number of hydrogen-bond donors (Lipinski definition) is 1. The molecule has 0 aliphatic heterocycles. The van der Waals surface area contributed by atoms with Crippen LogP contribution in [-0.2, 0) is 11.2 Å². The number of nitrogens with zero attached hydrogens (tertiary/aromatic N) is 1. The van der Waals surface area contributed by atoms with Gasteiger partial charge in [-0.05, 0) is 71.1 Å². The maximum Gasteiger partial charge on any atom is 0.229 e. The molecule has 0 aliphatic rings. The van der Waals surface area contributed by atoms with Crippen LogP contribution in [0.15, 0.2) is 34.9 Å². The number of hydrogen-bond acceptors (Lipinski definition) is 2. The lowest BCUT2D eigenvalue weighted by Crippen LogP contribution is -2.16. The third kappa shape index (κ3) is 3.67. The number of rotatable bonds is 3. The van der Waals surface area contributed by atoms with Gasteiger partial charge in [-0.1, -0.05) is 12.1 Å². The molecule has 0 atom stereocenters. The second kappa shape index (κ2) is 6.18. The number of halogens is 1. The summed E-state index contributed by atoms with van der Waals surface area (Å²) in [5.41, 5.74) is 4.66. The topological polar surface area (TPSA) is 42.0 Å². The van der Waals surface area contributed by atoms with Gasteiger partial charge in [0.05, 0.1) is 6.42 Å². The Bertz CT molecular complexity index is 636. The van der Waals surface area contributed by atoms with Gasteiger partial charge in [-0.2, -0.15) is 0 Å². The number of anilines is 1. The average molecular weight is 333 g/mol. The highest BCUT2D eigenvalue weighted by Crippen LogP contribution is 2.17. The van der Waals surface area contributed by atoms with Crippen molar-refractivity contribution < 1.29 is 4.79 Å². The number of carbonyl (C=O) groups is 1. The summed E-state index contributed by atoms with van der Waals surface area (Å²) >= 11 is 3.31. The van der Waals surface area contributed by atoms with Crippen molar-refractivity contribution >= 4 is 27.7 Å². The summed E-state index contributed by atoms with van der Waals surface area (Å²) in [6.07, 6.45) is 2.03. The first-order valence-corrected chi connectivity index (χ1v) is 7.23. The van der Waals surface area contributed by atoms with E-state index in [4.69, 9.17) is 0 Å². The number of benzene rings is 1. The number of carbonyl (C=O) groups excluding carboxylic acids is 1. The van der Waals surface area contributed by atoms with Crippen LogP contribution in [-0.4, -0.2) is 10.9 Å². The summed E-state index contributed by atoms with van der Waals surface area (Å²) < 4.78 is 0.889. The van der Waals surface area contributed by atoms with Crippen LogP contribution in [0, 0.1) is 20.8 Å². The molecular weight excluding hydrogens is 316 g/mol. The lowest BCUT2D eigenvalue weighted by atomic mass is 9.98. The molecule has 0 unspecified atom stereocenters. The maximum absolute atomic E-state index is 12.1. The minimum atomic E-state index is -0.0498. The van der Waals surface area contributed by atoms with E-state index in [1.807, 2.05) is 13.0 Å². The Kier molecular flexibility index (Phi) is 4.55. The number of pyridine rings is 1. The van der Waals surface area contributed by atoms with E-state index in [1.54, 1.807) is 12.3 Å². The summed E-state index contributed by atoms with van der Waals surface area (Å²) in [6, 6.07) is 7.83. The quantitative estimate of drug-likeness (QED) is 0.924. The van der Waals surface area contributed by atoms with Crippen LogP contribution in [0.3, 0.4) is 0 Å². The largest absolute Gasteiger partial charge is 0.310 e. The Morgan fingerprint density at radius 1 is 1.15 bits per heavy atom. The fourth-order valence-corrected chi connectivity index (χ4v) is 2.26. The van der Waals surface area contributed by atoms with Crippen LogP contribution in [0.1, 0.15) is 22.3 Å². The van der Waals surface area contributed by atoms with Gasteiger partial charge in [-0.15, -0.1) is 0 Å². The smallest absolute Gasteiger partial charge is 0.229 e. The maximum atomic E-state index is 12.1. The van der Waals surface area contributed by atoms with Gasteiger partial charge in [0.2, 0.25) is 5.91 Å². The Hall–Kier alpha value is -1.68. The highest BCUT2D eigenvalue weighted by Gasteiger charge is 2.08. The summed E-state index contributed by atoms with van der Waals surface area (Å²) in [5.74, 6) is 0.519. The van der Waals surface area contributed by atoms with E-state index in [0.717, 1.165) is 15.6 Å². The van der Waals surface area contributed by atoms with Gasteiger partial charge in [0, 0.05) is 10.7 Å². The van der Waals surface area contributed by atoms with Crippen molar-refractivity contribution in [3.63, 3.8) is 0 Å². The molecule has 1 aromatic carbocycles. The van der Waals surface area contributed by atoms with Crippen LogP contribution >= 0.6 is 15.9 Å². The van der Waals surface area contributed by atoms with Crippen molar-refractivity contribution in [2.75, 3.05) is 5.32 Å². The van der Waals surface area contributed by atoms with Crippen LogP contribution in [0.2, 0.25) is 0 Å². The average Bonchev–Trinajstić information content (AvgIpc) is 2.39. The molecule has 0 spiro atoms. The molecule has 1 aromatic heterocycles. The Morgan fingerprint density at radius 3 is 2.50 bits per heavy atom. The minimum Gasteiger partial charge on any atom is -0.310 e. The summed E-state index contributed by atoms with van der Waals surface area (Å²) in [6.45, 7) is 6.18. The van der Waals surface area contributed by atoms with Crippen LogP contribution in [0.4, 0.5) is 5.82 Å². The van der Waals surface area contributed by atoms with Crippen LogP contribution in [0.5, 0.6) is 0 Å². The standard InChI is InChI=1S/C16H17BrN2O/c1-10-6-12(3)13(7-11(10)2)8-16(20)19-15-5-4-14(17)9-18-15/h4-7,9H,8H2,1-3H3,(H,18,19,20). The van der Waals surface area contributed by atoms with Gasteiger partial charge in [-0.3, -0.25) is 4.79 Å². The second-order valence-corrected chi connectivity index (χ2v) is 5.87. The summed E-state index contributed by atoms with van der Waals surface area (Å²) in [4.78, 5) is 16.2. The Labute approximate surface area is 127 Å². The van der Waals surface area contributed by atoms with Crippen molar-refractivity contribution in [1.82, 2.24) is 4.98 Å². The number of amides is 1. The molecule has 1 heterocycles. The molecule has 0 aliphatic carbocycles. The van der Waals surface area contributed by atoms with Crippen molar-refractivity contribution in [3.8, 4) is 0 Å². The first-order valence-electron chi connectivity index (χ1n) is 6.44. The first kappa shape index (κ1) is 14.7. The molecule has 0 saturated heterocycles. The van der Waals surface area contributed by atoms with E-state index < -0.39 is 0 Å². The normalized spacial score (nSPS) is 10.4. The van der Waals surface area contributed by atoms with Crippen molar-refractivity contribution in [3.05, 3.63) is 57.2 Å². The van der Waals surface area contributed by atoms with E-state index in [2.05, 4.69) is 52.2 Å². The molecule has 0 fully saturated rings. The zero-order valence-electron chi connectivity index (χ0n) is 11.8. The lowest BCUT2D eigenvalue weighted by molar-refractivity contribution is -0.115. The first-order chi connectivity index (χ1) is 9.45. The highest BCUT2D eigenvalue weighted by molar-refractivity contribution is 9.10. The molecule has 2 rings (SSSR count). The molecule has 0 bridgehead atoms. The number of nitrogens with one attached hydrogen (secondary N) is 1. The van der Waals surface area contributed by atoms with Gasteiger partial charge in [0.1, 0.15) is 5.82 Å². The molecule has 2 aromatic rings. The predicted octanol–water partition coefficient (Wildman–Crippen LogP) is 3.95. The number of aromatic nitrogens is 1. The molecule has 1 amide bonds. The molecule has 4 heteroatoms. The Morgan fingerprint density at radius 2 is 1.85 bits per heavy atom. The Balaban J connectivity index is 2.08. The van der Waals surface area contributed by atoms with Gasteiger partial charge >= 0.3 is 0 Å². The highest BCUT2D eigenvalue weighted by atomic mass is 79.9.